The Balaban J connectivity index is 2.06. The number of rotatable bonds is 11. The minimum atomic E-state index is -0.945. The molecular weight excluding hydrogens is 472 g/mol. The third-order valence-electron chi connectivity index (χ3n) is 5.30. The van der Waals surface area contributed by atoms with Crippen LogP contribution >= 0.6 is 11.8 Å². The van der Waals surface area contributed by atoms with E-state index in [1.54, 1.807) is 32.5 Å². The molecule has 1 aliphatic rings. The van der Waals surface area contributed by atoms with Crippen molar-refractivity contribution in [3.63, 3.8) is 0 Å². The predicted octanol–water partition coefficient (Wildman–Crippen LogP) is 3.06. The molecule has 10 heteroatoms. The number of hydrogen-bond donors (Lipinski definition) is 2. The van der Waals surface area contributed by atoms with Crippen LogP contribution < -0.4 is 10.6 Å². The Hall–Kier alpha value is -2.30. The first-order valence-corrected chi connectivity index (χ1v) is 13.2. The van der Waals surface area contributed by atoms with Crippen molar-refractivity contribution in [2.24, 2.45) is 0 Å². The molecule has 0 radical (unpaired) electrons. The molecular formula is C25H38N2O7S. The maximum atomic E-state index is 13.2. The average molecular weight is 511 g/mol. The zero-order valence-electron chi connectivity index (χ0n) is 21.2. The van der Waals surface area contributed by atoms with Gasteiger partial charge in [0.15, 0.2) is 6.10 Å². The lowest BCUT2D eigenvalue weighted by molar-refractivity contribution is -0.169. The first-order valence-electron chi connectivity index (χ1n) is 11.8. The van der Waals surface area contributed by atoms with E-state index in [9.17, 15) is 14.4 Å². The minimum absolute atomic E-state index is 0.191. The number of hydrogen-bond acceptors (Lipinski definition) is 8. The van der Waals surface area contributed by atoms with Crippen molar-refractivity contribution in [1.29, 1.82) is 0 Å². The molecule has 1 fully saturated rings. The summed E-state index contributed by atoms with van der Waals surface area (Å²) in [6.07, 6.45) is 1.10. The lowest BCUT2D eigenvalue weighted by Crippen LogP contribution is -2.55. The van der Waals surface area contributed by atoms with Gasteiger partial charge < -0.3 is 29.6 Å². The number of thioether (sulfide) groups is 1. The number of esters is 1. The van der Waals surface area contributed by atoms with Gasteiger partial charge in [-0.25, -0.2) is 9.59 Å². The van der Waals surface area contributed by atoms with E-state index in [4.69, 9.17) is 18.9 Å². The fourth-order valence-corrected chi connectivity index (χ4v) is 4.06. The van der Waals surface area contributed by atoms with Gasteiger partial charge in [-0.05, 0) is 57.6 Å². The van der Waals surface area contributed by atoms with Gasteiger partial charge in [0, 0.05) is 6.54 Å². The number of methoxy groups -OCH3 is 1. The summed E-state index contributed by atoms with van der Waals surface area (Å²) in [6, 6.07) is 8.88. The number of carbonyl (C=O) groups excluding carboxylic acids is 3. The summed E-state index contributed by atoms with van der Waals surface area (Å²) in [4.78, 5) is 37.5. The highest BCUT2D eigenvalue weighted by molar-refractivity contribution is 7.98. The van der Waals surface area contributed by atoms with Crippen molar-refractivity contribution >= 4 is 29.7 Å². The van der Waals surface area contributed by atoms with Crippen molar-refractivity contribution in [2.45, 2.75) is 76.6 Å². The van der Waals surface area contributed by atoms with E-state index in [1.165, 1.54) is 7.11 Å². The quantitative estimate of drug-likeness (QED) is 0.437. The molecule has 1 saturated heterocycles. The van der Waals surface area contributed by atoms with Crippen LogP contribution in [0.1, 0.15) is 45.6 Å². The van der Waals surface area contributed by atoms with Gasteiger partial charge in [-0.15, -0.1) is 0 Å². The Morgan fingerprint density at radius 1 is 1.17 bits per heavy atom. The molecule has 4 atom stereocenters. The summed E-state index contributed by atoms with van der Waals surface area (Å²) >= 11 is 1.57. The summed E-state index contributed by atoms with van der Waals surface area (Å²) in [5, 5.41) is 5.47. The highest BCUT2D eigenvalue weighted by Crippen LogP contribution is 2.24. The number of amides is 2. The van der Waals surface area contributed by atoms with Crippen LogP contribution in [0.4, 0.5) is 4.79 Å². The maximum Gasteiger partial charge on any atom is 0.407 e. The fraction of sp³-hybridized carbons (Fsp3) is 0.640. The normalized spacial score (nSPS) is 21.0. The molecule has 0 aliphatic carbocycles. The van der Waals surface area contributed by atoms with Crippen LogP contribution in [0.5, 0.6) is 0 Å². The summed E-state index contributed by atoms with van der Waals surface area (Å²) in [5.41, 5.74) is 0.364. The molecule has 196 valence electrons. The number of alkyl carbamates (subject to hydrolysis) is 1. The second kappa shape index (κ2) is 14.3. The minimum Gasteiger partial charge on any atom is -0.467 e. The molecule has 0 spiro atoms. The lowest BCUT2D eigenvalue weighted by atomic mass is 9.99. The molecule has 0 unspecified atom stereocenters. The van der Waals surface area contributed by atoms with Crippen LogP contribution in [-0.4, -0.2) is 73.6 Å². The van der Waals surface area contributed by atoms with Crippen molar-refractivity contribution in [1.82, 2.24) is 10.6 Å². The van der Waals surface area contributed by atoms with Gasteiger partial charge in [-0.3, -0.25) is 4.79 Å². The second-order valence-electron chi connectivity index (χ2n) is 9.34. The lowest BCUT2D eigenvalue weighted by Gasteiger charge is -2.36. The molecule has 0 bridgehead atoms. The monoisotopic (exact) mass is 510 g/mol. The van der Waals surface area contributed by atoms with Crippen molar-refractivity contribution in [3.05, 3.63) is 35.9 Å². The third kappa shape index (κ3) is 10.5. The maximum absolute atomic E-state index is 13.2. The molecule has 0 aromatic heterocycles. The van der Waals surface area contributed by atoms with Crippen LogP contribution in [0.2, 0.25) is 0 Å². The zero-order valence-corrected chi connectivity index (χ0v) is 22.0. The molecule has 2 N–H and O–H groups in total. The molecule has 0 saturated carbocycles. The third-order valence-corrected chi connectivity index (χ3v) is 5.94. The van der Waals surface area contributed by atoms with Gasteiger partial charge in [0.2, 0.25) is 0 Å². The van der Waals surface area contributed by atoms with Gasteiger partial charge >= 0.3 is 12.1 Å². The van der Waals surface area contributed by atoms with E-state index in [1.807, 2.05) is 36.6 Å². The number of benzene rings is 1. The Bertz CT molecular complexity index is 816. The Morgan fingerprint density at radius 2 is 1.89 bits per heavy atom. The molecule has 9 nitrogen and oxygen atoms in total. The molecule has 1 aliphatic heterocycles. The zero-order chi connectivity index (χ0) is 25.8. The second-order valence-corrected chi connectivity index (χ2v) is 10.3. The molecule has 1 aromatic rings. The Kier molecular flexibility index (Phi) is 11.8. The van der Waals surface area contributed by atoms with Crippen molar-refractivity contribution in [2.75, 3.05) is 25.7 Å². The average Bonchev–Trinajstić information content (AvgIpc) is 2.83. The topological polar surface area (TPSA) is 112 Å². The van der Waals surface area contributed by atoms with Gasteiger partial charge in [-0.2, -0.15) is 11.8 Å². The van der Waals surface area contributed by atoms with Crippen molar-refractivity contribution < 1.29 is 33.3 Å². The van der Waals surface area contributed by atoms with Crippen molar-refractivity contribution in [3.8, 4) is 0 Å². The smallest absolute Gasteiger partial charge is 0.407 e. The van der Waals surface area contributed by atoms with Gasteiger partial charge in [0.25, 0.3) is 5.91 Å². The van der Waals surface area contributed by atoms with E-state index < -0.39 is 47.9 Å². The van der Waals surface area contributed by atoms with Crippen LogP contribution in [0.15, 0.2) is 30.3 Å². The van der Waals surface area contributed by atoms with E-state index in [2.05, 4.69) is 10.6 Å². The molecule has 1 heterocycles. The van der Waals surface area contributed by atoms with Crippen LogP contribution in [0, 0.1) is 0 Å². The van der Waals surface area contributed by atoms with Crippen LogP contribution in [0.3, 0.4) is 0 Å². The summed E-state index contributed by atoms with van der Waals surface area (Å²) < 4.78 is 22.3. The van der Waals surface area contributed by atoms with Gasteiger partial charge in [-0.1, -0.05) is 30.3 Å². The summed E-state index contributed by atoms with van der Waals surface area (Å²) in [5.74, 6) is -0.267. The fourth-order valence-electron chi connectivity index (χ4n) is 3.59. The first kappa shape index (κ1) is 28.9. The Morgan fingerprint density at radius 3 is 2.51 bits per heavy atom. The number of nitrogens with one attached hydrogen (secondary N) is 2. The first-order chi connectivity index (χ1) is 16.6. The Labute approximate surface area is 212 Å². The SMILES string of the molecule is COC(=O)[C@H](CCSC)NC(=O)[C@H]1O[C@@H](CNC(=O)OC(C)(C)C)CC[C@@H]1OCc1ccccc1. The van der Waals surface area contributed by atoms with E-state index >= 15 is 0 Å². The molecule has 1 aromatic carbocycles. The largest absolute Gasteiger partial charge is 0.467 e. The highest BCUT2D eigenvalue weighted by atomic mass is 32.2. The van der Waals surface area contributed by atoms with Gasteiger partial charge in [0.1, 0.15) is 11.6 Å². The predicted molar refractivity (Wildman–Crippen MR) is 134 cm³/mol. The summed E-state index contributed by atoms with van der Waals surface area (Å²) in [7, 11) is 1.29. The molecule has 2 rings (SSSR count). The number of carbonyl (C=O) groups is 3. The van der Waals surface area contributed by atoms with Gasteiger partial charge in [0.05, 0.1) is 25.9 Å². The van der Waals surface area contributed by atoms with E-state index in [0.29, 0.717) is 31.6 Å². The standard InChI is InChI=1S/C25H38N2O7S/c1-25(2,3)34-24(30)26-15-18-11-12-20(32-16-17-9-7-6-8-10-17)21(33-18)22(28)27-19(13-14-35-5)23(29)31-4/h6-10,18-21H,11-16H2,1-5H3,(H,26,30)(H,27,28)/t18-,19+,20+,21+/m1/s1. The van der Waals surface area contributed by atoms with E-state index in [0.717, 1.165) is 5.56 Å². The van der Waals surface area contributed by atoms with E-state index in [-0.39, 0.29) is 6.54 Å². The highest BCUT2D eigenvalue weighted by Gasteiger charge is 2.39. The summed E-state index contributed by atoms with van der Waals surface area (Å²) in [6.45, 7) is 5.87. The molecule has 35 heavy (non-hydrogen) atoms. The number of ether oxygens (including phenoxy) is 4. The van der Waals surface area contributed by atoms with Crippen LogP contribution in [0.25, 0.3) is 0 Å². The van der Waals surface area contributed by atoms with Crippen LogP contribution in [-0.2, 0) is 35.1 Å². The molecule has 2 amide bonds.